The number of carbonyl (C=O) groups excluding carboxylic acids is 1. The van der Waals surface area contributed by atoms with E-state index in [-0.39, 0.29) is 16.8 Å². The third-order valence-electron chi connectivity index (χ3n) is 5.47. The van der Waals surface area contributed by atoms with Gasteiger partial charge in [-0.05, 0) is 56.2 Å². The molecule has 180 valence electrons. The Morgan fingerprint density at radius 2 is 1.71 bits per heavy atom. The zero-order valence-electron chi connectivity index (χ0n) is 20.3. The highest BCUT2D eigenvalue weighted by atomic mass is 16.5. The maximum atomic E-state index is 12.9. The van der Waals surface area contributed by atoms with Crippen LogP contribution in [0.15, 0.2) is 40.2 Å². The monoisotopic (exact) mass is 475 g/mol. The zero-order valence-corrected chi connectivity index (χ0v) is 20.3. The van der Waals surface area contributed by atoms with Crippen LogP contribution < -0.4 is 25.2 Å². The lowest BCUT2D eigenvalue weighted by Crippen LogP contribution is -2.31. The Morgan fingerprint density at radius 1 is 1.06 bits per heavy atom. The number of nitrogens with one attached hydrogen (secondary N) is 1. The highest BCUT2D eigenvalue weighted by Gasteiger charge is 2.20. The second-order valence-electron chi connectivity index (χ2n) is 7.60. The molecule has 3 rings (SSSR count). The van der Waals surface area contributed by atoms with Crippen LogP contribution in [0.3, 0.4) is 0 Å². The number of aromatic nitrogens is 2. The van der Waals surface area contributed by atoms with Crippen molar-refractivity contribution < 1.29 is 19.0 Å². The summed E-state index contributed by atoms with van der Waals surface area (Å²) in [7, 11) is 4.48. The van der Waals surface area contributed by atoms with Crippen molar-refractivity contribution in [2.24, 2.45) is 5.10 Å². The Labute approximate surface area is 202 Å². The second-order valence-corrected chi connectivity index (χ2v) is 7.60. The van der Waals surface area contributed by atoms with Crippen LogP contribution in [0.5, 0.6) is 17.2 Å². The van der Waals surface area contributed by atoms with Crippen LogP contribution in [0, 0.1) is 32.1 Å². The molecule has 1 aromatic heterocycles. The van der Waals surface area contributed by atoms with Crippen molar-refractivity contribution in [3.63, 3.8) is 0 Å². The molecule has 3 aromatic rings. The van der Waals surface area contributed by atoms with Gasteiger partial charge in [-0.25, -0.2) is 5.43 Å². The molecule has 1 amide bonds. The predicted octanol–water partition coefficient (Wildman–Crippen LogP) is 2.82. The highest BCUT2D eigenvalue weighted by Crippen LogP contribution is 2.37. The van der Waals surface area contributed by atoms with E-state index in [4.69, 9.17) is 14.2 Å². The molecule has 10 nitrogen and oxygen atoms in total. The van der Waals surface area contributed by atoms with Gasteiger partial charge in [-0.3, -0.25) is 9.59 Å². The van der Waals surface area contributed by atoms with Crippen LogP contribution in [0.25, 0.3) is 5.69 Å². The molecule has 10 heteroatoms. The van der Waals surface area contributed by atoms with Gasteiger partial charge >= 0.3 is 0 Å². The highest BCUT2D eigenvalue weighted by molar-refractivity contribution is 5.94. The minimum atomic E-state index is -0.680. The van der Waals surface area contributed by atoms with E-state index in [1.165, 1.54) is 34.5 Å². The number of ether oxygens (including phenoxy) is 3. The van der Waals surface area contributed by atoms with Crippen LogP contribution in [-0.2, 0) is 0 Å². The zero-order chi connectivity index (χ0) is 25.7. The van der Waals surface area contributed by atoms with Crippen LogP contribution >= 0.6 is 0 Å². The third-order valence-corrected chi connectivity index (χ3v) is 5.47. The second kappa shape index (κ2) is 10.5. The Bertz CT molecular complexity index is 1390. The van der Waals surface area contributed by atoms with E-state index in [0.29, 0.717) is 28.5 Å². The summed E-state index contributed by atoms with van der Waals surface area (Å²) in [6.07, 6.45) is 1.39. The molecule has 0 aliphatic heterocycles. The molecule has 1 heterocycles. The number of hydrogen-bond donors (Lipinski definition) is 1. The lowest BCUT2D eigenvalue weighted by molar-refractivity contribution is 0.0947. The van der Waals surface area contributed by atoms with E-state index in [9.17, 15) is 14.9 Å². The van der Waals surface area contributed by atoms with Gasteiger partial charge in [0.1, 0.15) is 11.6 Å². The van der Waals surface area contributed by atoms with E-state index >= 15 is 0 Å². The van der Waals surface area contributed by atoms with Gasteiger partial charge in [-0.15, -0.1) is 0 Å². The van der Waals surface area contributed by atoms with Crippen molar-refractivity contribution in [3.8, 4) is 29.0 Å². The quantitative estimate of drug-likeness (QED) is 0.411. The van der Waals surface area contributed by atoms with Crippen molar-refractivity contribution in [1.29, 1.82) is 5.26 Å². The van der Waals surface area contributed by atoms with E-state index in [1.54, 1.807) is 24.3 Å². The van der Waals surface area contributed by atoms with Crippen molar-refractivity contribution in [2.75, 3.05) is 21.3 Å². The number of methoxy groups -OCH3 is 3. The first kappa shape index (κ1) is 25.0. The van der Waals surface area contributed by atoms with Gasteiger partial charge < -0.3 is 14.2 Å². The van der Waals surface area contributed by atoms with Gasteiger partial charge in [0.25, 0.3) is 11.5 Å². The van der Waals surface area contributed by atoms with E-state index < -0.39 is 11.5 Å². The summed E-state index contributed by atoms with van der Waals surface area (Å²) in [5.74, 6) is 0.599. The van der Waals surface area contributed by atoms with Crippen LogP contribution in [0.1, 0.15) is 38.3 Å². The number of benzene rings is 2. The minimum absolute atomic E-state index is 0.0959. The summed E-state index contributed by atoms with van der Waals surface area (Å²) in [6.45, 7) is 5.33. The van der Waals surface area contributed by atoms with Gasteiger partial charge in [-0.2, -0.15) is 20.1 Å². The number of hydrazone groups is 1. The molecule has 0 aliphatic carbocycles. The predicted molar refractivity (Wildman–Crippen MR) is 130 cm³/mol. The fourth-order valence-electron chi connectivity index (χ4n) is 3.38. The van der Waals surface area contributed by atoms with Gasteiger partial charge in [0.15, 0.2) is 17.2 Å². The van der Waals surface area contributed by atoms with Crippen LogP contribution in [0.2, 0.25) is 0 Å². The number of nitrogens with zero attached hydrogens (tertiary/aromatic N) is 4. The van der Waals surface area contributed by atoms with E-state index in [0.717, 1.165) is 15.8 Å². The van der Waals surface area contributed by atoms with Crippen molar-refractivity contribution in [1.82, 2.24) is 15.2 Å². The van der Waals surface area contributed by atoms with Gasteiger partial charge in [0.2, 0.25) is 5.75 Å². The van der Waals surface area contributed by atoms with E-state index in [1.807, 2.05) is 26.0 Å². The summed E-state index contributed by atoms with van der Waals surface area (Å²) in [6, 6.07) is 10.5. The number of amides is 1. The first-order valence-electron chi connectivity index (χ1n) is 10.5. The molecule has 0 atom stereocenters. The molecule has 0 radical (unpaired) electrons. The minimum Gasteiger partial charge on any atom is -0.493 e. The summed E-state index contributed by atoms with van der Waals surface area (Å²) >= 11 is 0. The first-order chi connectivity index (χ1) is 16.7. The first-order valence-corrected chi connectivity index (χ1v) is 10.5. The number of nitriles is 1. The Kier molecular flexibility index (Phi) is 7.51. The molecule has 0 bridgehead atoms. The Balaban J connectivity index is 1.97. The molecule has 0 saturated carbocycles. The van der Waals surface area contributed by atoms with Gasteiger partial charge in [0, 0.05) is 11.1 Å². The maximum absolute atomic E-state index is 12.9. The molecule has 0 fully saturated rings. The lowest BCUT2D eigenvalue weighted by atomic mass is 10.1. The molecule has 35 heavy (non-hydrogen) atoms. The third kappa shape index (κ3) is 4.99. The topological polar surface area (TPSA) is 128 Å². The Morgan fingerprint density at radius 3 is 2.26 bits per heavy atom. The summed E-state index contributed by atoms with van der Waals surface area (Å²) in [4.78, 5) is 25.8. The number of rotatable bonds is 7. The number of carbonyl (C=O) groups is 1. The molecule has 1 N–H and O–H groups in total. The Hall–Kier alpha value is -4.65. The molecular weight excluding hydrogens is 450 g/mol. The smallest absolute Gasteiger partial charge is 0.292 e. The summed E-state index contributed by atoms with van der Waals surface area (Å²) in [5.41, 5.74) is 4.68. The van der Waals surface area contributed by atoms with Gasteiger partial charge in [-0.1, -0.05) is 6.07 Å². The average molecular weight is 476 g/mol. The fraction of sp³-hybridized carbons (Fsp3) is 0.240. The fourth-order valence-corrected chi connectivity index (χ4v) is 3.38. The number of aryl methyl sites for hydroxylation is 2. The van der Waals surface area contributed by atoms with Gasteiger partial charge in [0.05, 0.1) is 33.2 Å². The van der Waals surface area contributed by atoms with Crippen LogP contribution in [0.4, 0.5) is 0 Å². The lowest BCUT2D eigenvalue weighted by Gasteiger charge is -2.13. The largest absolute Gasteiger partial charge is 0.493 e. The van der Waals surface area contributed by atoms with Crippen molar-refractivity contribution in [2.45, 2.75) is 20.8 Å². The molecule has 0 unspecified atom stereocenters. The summed E-state index contributed by atoms with van der Waals surface area (Å²) < 4.78 is 17.0. The molecule has 0 spiro atoms. The van der Waals surface area contributed by atoms with Crippen molar-refractivity contribution >= 4 is 12.1 Å². The molecule has 0 saturated heterocycles. The average Bonchev–Trinajstić information content (AvgIpc) is 2.85. The standard InChI is InChI=1S/C25H25N5O5/c1-14-7-8-18(9-15(14)2)30-25(32)19(12-26)16(3)22(29-30)24(31)28-27-13-17-10-20(33-4)23(35-6)21(11-17)34-5/h7-11,13H,1-6H3,(H,28,31)/b27-13+. The van der Waals surface area contributed by atoms with Crippen molar-refractivity contribution in [3.05, 3.63) is 74.2 Å². The molecular formula is C25H25N5O5. The maximum Gasteiger partial charge on any atom is 0.292 e. The summed E-state index contributed by atoms with van der Waals surface area (Å²) in [5, 5.41) is 17.8. The molecule has 0 aliphatic rings. The van der Waals surface area contributed by atoms with Crippen LogP contribution in [-0.4, -0.2) is 43.2 Å². The molecule has 2 aromatic carbocycles. The SMILES string of the molecule is COc1cc(/C=N/NC(=O)c2nn(-c3ccc(C)c(C)c3)c(=O)c(C#N)c2C)cc(OC)c1OC. The number of hydrogen-bond acceptors (Lipinski definition) is 8. The normalized spacial score (nSPS) is 10.7. The van der Waals surface area contributed by atoms with E-state index in [2.05, 4.69) is 15.6 Å².